The van der Waals surface area contributed by atoms with Crippen LogP contribution >= 0.6 is 0 Å². The highest BCUT2D eigenvalue weighted by molar-refractivity contribution is 5.79. The van der Waals surface area contributed by atoms with Gasteiger partial charge in [-0.2, -0.15) is 13.2 Å². The molecule has 6 atom stereocenters. The smallest absolute Gasteiger partial charge is 0.344 e. The van der Waals surface area contributed by atoms with E-state index >= 15 is 0 Å². The maximum Gasteiger partial charge on any atom is 0.408 e. The third kappa shape index (κ3) is 4.81. The molecule has 1 saturated heterocycles. The van der Waals surface area contributed by atoms with Crippen molar-refractivity contribution in [3.8, 4) is 0 Å². The lowest BCUT2D eigenvalue weighted by Crippen LogP contribution is -2.57. The minimum Gasteiger partial charge on any atom is -0.344 e. The van der Waals surface area contributed by atoms with E-state index in [4.69, 9.17) is 5.73 Å². The van der Waals surface area contributed by atoms with Gasteiger partial charge >= 0.3 is 6.18 Å². The summed E-state index contributed by atoms with van der Waals surface area (Å²) in [6, 6.07) is -2.39. The number of carbonyl (C=O) groups is 1. The minimum absolute atomic E-state index is 0.0709. The summed E-state index contributed by atoms with van der Waals surface area (Å²) in [6.07, 6.45) is -4.16. The zero-order valence-corrected chi connectivity index (χ0v) is 14.1. The Kier molecular flexibility index (Phi) is 6.12. The van der Waals surface area contributed by atoms with Gasteiger partial charge in [-0.05, 0) is 38.0 Å². The van der Waals surface area contributed by atoms with E-state index in [1.54, 1.807) is 0 Å². The zero-order valence-electron chi connectivity index (χ0n) is 14.1. The van der Waals surface area contributed by atoms with Crippen LogP contribution in [0.3, 0.4) is 0 Å². The Morgan fingerprint density at radius 3 is 2.46 bits per heavy atom. The second kappa shape index (κ2) is 7.56. The van der Waals surface area contributed by atoms with Crippen LogP contribution in [-0.2, 0) is 4.79 Å². The van der Waals surface area contributed by atoms with Crippen LogP contribution < -0.4 is 16.4 Å². The molecule has 1 amide bonds. The number of hydrogen-bond donors (Lipinski definition) is 3. The molecule has 0 aromatic rings. The fraction of sp³-hybridized carbons (Fsp3) is 0.938. The van der Waals surface area contributed by atoms with E-state index < -0.39 is 36.3 Å². The average Bonchev–Trinajstić information content (AvgIpc) is 2.44. The molecule has 6 unspecified atom stereocenters. The lowest BCUT2D eigenvalue weighted by molar-refractivity contribution is -0.170. The van der Waals surface area contributed by atoms with E-state index in [2.05, 4.69) is 10.6 Å². The number of carbonyl (C=O) groups excluding carboxylic acids is 1. The summed E-state index contributed by atoms with van der Waals surface area (Å²) in [5.74, 6) is -1.13. The number of rotatable bonds is 4. The molecule has 0 aromatic heterocycles. The predicted molar refractivity (Wildman–Crippen MR) is 83.0 cm³/mol. The molecule has 4 N–H and O–H groups in total. The first-order valence-electron chi connectivity index (χ1n) is 8.60. The topological polar surface area (TPSA) is 67.2 Å². The van der Waals surface area contributed by atoms with Crippen LogP contribution in [0.15, 0.2) is 0 Å². The quantitative estimate of drug-likeness (QED) is 0.679. The maximum atomic E-state index is 14.4. The Bertz CT molecular complexity index is 432. The molecule has 4 nitrogen and oxygen atoms in total. The van der Waals surface area contributed by atoms with Crippen molar-refractivity contribution in [3.63, 3.8) is 0 Å². The second-order valence-electron chi connectivity index (χ2n) is 7.48. The molecule has 0 radical (unpaired) electrons. The van der Waals surface area contributed by atoms with Crippen LogP contribution in [0, 0.1) is 11.8 Å². The van der Waals surface area contributed by atoms with E-state index in [9.17, 15) is 22.4 Å². The molecule has 24 heavy (non-hydrogen) atoms. The molecule has 1 aliphatic carbocycles. The minimum atomic E-state index is -4.41. The lowest BCUT2D eigenvalue weighted by Gasteiger charge is -2.40. The summed E-state index contributed by atoms with van der Waals surface area (Å²) in [5, 5.41) is 5.18. The van der Waals surface area contributed by atoms with Gasteiger partial charge in [-0.1, -0.05) is 13.8 Å². The Balaban J connectivity index is 1.88. The van der Waals surface area contributed by atoms with Crippen molar-refractivity contribution in [2.45, 2.75) is 82.5 Å². The summed E-state index contributed by atoms with van der Waals surface area (Å²) in [7, 11) is 0. The third-order valence-corrected chi connectivity index (χ3v) is 5.04. The molecule has 1 saturated carbocycles. The Morgan fingerprint density at radius 2 is 1.96 bits per heavy atom. The van der Waals surface area contributed by atoms with Crippen LogP contribution in [0.5, 0.6) is 0 Å². The van der Waals surface area contributed by atoms with Crippen molar-refractivity contribution in [2.24, 2.45) is 17.6 Å². The van der Waals surface area contributed by atoms with Crippen LogP contribution in [0.25, 0.3) is 0 Å². The zero-order chi connectivity index (χ0) is 18.1. The number of piperidine rings is 1. The summed E-state index contributed by atoms with van der Waals surface area (Å²) in [4.78, 5) is 11.9. The Hall–Kier alpha value is -0.890. The molecular weight excluding hydrogens is 326 g/mol. The molecule has 2 rings (SSSR count). The van der Waals surface area contributed by atoms with E-state index in [-0.39, 0.29) is 30.8 Å². The van der Waals surface area contributed by atoms with Gasteiger partial charge in [-0.15, -0.1) is 0 Å². The number of amides is 1. The lowest BCUT2D eigenvalue weighted by atomic mass is 9.75. The highest BCUT2D eigenvalue weighted by atomic mass is 19.4. The molecule has 8 heteroatoms. The van der Waals surface area contributed by atoms with Gasteiger partial charge in [-0.25, -0.2) is 4.39 Å². The average molecular weight is 353 g/mol. The fourth-order valence-corrected chi connectivity index (χ4v) is 3.90. The van der Waals surface area contributed by atoms with Crippen LogP contribution in [0.4, 0.5) is 17.6 Å². The van der Waals surface area contributed by atoms with Gasteiger partial charge in [0.2, 0.25) is 5.91 Å². The van der Waals surface area contributed by atoms with Crippen molar-refractivity contribution in [2.75, 3.05) is 0 Å². The largest absolute Gasteiger partial charge is 0.408 e. The number of halogens is 4. The maximum absolute atomic E-state index is 14.4. The summed E-state index contributed by atoms with van der Waals surface area (Å²) in [5.41, 5.74) is 6.08. The molecular formula is C16H27F4N3O. The van der Waals surface area contributed by atoms with E-state index in [1.807, 2.05) is 13.8 Å². The molecule has 2 aliphatic rings. The van der Waals surface area contributed by atoms with Gasteiger partial charge in [-0.3, -0.25) is 4.79 Å². The van der Waals surface area contributed by atoms with E-state index in [0.29, 0.717) is 19.3 Å². The predicted octanol–water partition coefficient (Wildman–Crippen LogP) is 2.28. The van der Waals surface area contributed by atoms with E-state index in [0.717, 1.165) is 0 Å². The molecule has 0 bridgehead atoms. The molecule has 140 valence electrons. The van der Waals surface area contributed by atoms with Crippen molar-refractivity contribution >= 4 is 5.91 Å². The van der Waals surface area contributed by atoms with Gasteiger partial charge in [0.1, 0.15) is 12.2 Å². The Morgan fingerprint density at radius 1 is 1.29 bits per heavy atom. The van der Waals surface area contributed by atoms with Crippen molar-refractivity contribution < 1.29 is 22.4 Å². The molecule has 0 aromatic carbocycles. The first-order chi connectivity index (χ1) is 11.1. The molecule has 0 spiro atoms. The standard InChI is InChI=1S/C16H27F4N3O/c1-8(2)22-14-11(17)6-9(7-12(14)21)5-10-3-4-13(16(18,19)20)23-15(10)24/h8-14,22H,3-7,21H2,1-2H3,(H,23,24). The van der Waals surface area contributed by atoms with Crippen molar-refractivity contribution in [3.05, 3.63) is 0 Å². The first kappa shape index (κ1) is 19.4. The Labute approximate surface area is 139 Å². The number of nitrogens with two attached hydrogens (primary N) is 1. The molecule has 2 fully saturated rings. The summed E-state index contributed by atoms with van der Waals surface area (Å²) >= 11 is 0. The van der Waals surface area contributed by atoms with Gasteiger partial charge in [0.15, 0.2) is 0 Å². The summed E-state index contributed by atoms with van der Waals surface area (Å²) < 4.78 is 52.4. The van der Waals surface area contributed by atoms with Gasteiger partial charge in [0, 0.05) is 18.0 Å². The molecule has 1 aliphatic heterocycles. The highest BCUT2D eigenvalue weighted by Crippen LogP contribution is 2.35. The fourth-order valence-electron chi connectivity index (χ4n) is 3.90. The van der Waals surface area contributed by atoms with Crippen molar-refractivity contribution in [1.29, 1.82) is 0 Å². The summed E-state index contributed by atoms with van der Waals surface area (Å²) in [6.45, 7) is 3.85. The van der Waals surface area contributed by atoms with Crippen LogP contribution in [0.1, 0.15) is 46.0 Å². The third-order valence-electron chi connectivity index (χ3n) is 5.04. The second-order valence-corrected chi connectivity index (χ2v) is 7.48. The normalized spacial score (nSPS) is 38.2. The monoisotopic (exact) mass is 353 g/mol. The van der Waals surface area contributed by atoms with Gasteiger partial charge < -0.3 is 16.4 Å². The van der Waals surface area contributed by atoms with E-state index in [1.165, 1.54) is 0 Å². The van der Waals surface area contributed by atoms with Gasteiger partial charge in [0.05, 0.1) is 6.04 Å². The number of alkyl halides is 4. The first-order valence-corrected chi connectivity index (χ1v) is 8.60. The number of hydrogen-bond acceptors (Lipinski definition) is 3. The molecule has 1 heterocycles. The highest BCUT2D eigenvalue weighted by Gasteiger charge is 2.45. The van der Waals surface area contributed by atoms with Crippen LogP contribution in [0.2, 0.25) is 0 Å². The van der Waals surface area contributed by atoms with Gasteiger partial charge in [0.25, 0.3) is 0 Å². The van der Waals surface area contributed by atoms with Crippen molar-refractivity contribution in [1.82, 2.24) is 10.6 Å². The number of nitrogens with one attached hydrogen (secondary N) is 2. The van der Waals surface area contributed by atoms with Crippen LogP contribution in [-0.4, -0.2) is 42.4 Å². The SMILES string of the molecule is CC(C)NC1C(N)CC(CC2CCC(C(F)(F)F)NC2=O)CC1F.